The minimum atomic E-state index is -2.10. The van der Waals surface area contributed by atoms with Crippen molar-refractivity contribution in [2.24, 2.45) is 0 Å². The average molecular weight is 328 g/mol. The van der Waals surface area contributed by atoms with Gasteiger partial charge in [-0.1, -0.05) is 0 Å². The fraction of sp³-hybridized carbons (Fsp3) is 0. The van der Waals surface area contributed by atoms with E-state index in [0.717, 1.165) is 0 Å². The normalized spacial score (nSPS) is 10.2. The monoisotopic (exact) mass is 327 g/mol. The van der Waals surface area contributed by atoms with Crippen LogP contribution in [0.15, 0.2) is 4.47 Å². The summed E-state index contributed by atoms with van der Waals surface area (Å²) in [7, 11) is 0. The van der Waals surface area contributed by atoms with E-state index in [0.29, 0.717) is 0 Å². The van der Waals surface area contributed by atoms with Gasteiger partial charge in [-0.15, -0.1) is 0 Å². The molecular formula is C6BrF2N3O6. The molecule has 12 heteroatoms. The second kappa shape index (κ2) is 4.56. The SMILES string of the molecule is O=[N+]([O-])c1c(F)c([N+](=O)[O-])c(Br)c([N+](=O)[O-])c1F. The van der Waals surface area contributed by atoms with E-state index in [1.54, 1.807) is 0 Å². The van der Waals surface area contributed by atoms with Crippen molar-refractivity contribution in [1.29, 1.82) is 0 Å². The number of benzene rings is 1. The lowest BCUT2D eigenvalue weighted by atomic mass is 10.2. The second-order valence-electron chi connectivity index (χ2n) is 2.76. The Morgan fingerprint density at radius 3 is 1.28 bits per heavy atom. The van der Waals surface area contributed by atoms with E-state index in [-0.39, 0.29) is 0 Å². The molecule has 0 amide bonds. The Labute approximate surface area is 104 Å². The Morgan fingerprint density at radius 1 is 0.778 bits per heavy atom. The summed E-state index contributed by atoms with van der Waals surface area (Å²) in [6.45, 7) is 0. The van der Waals surface area contributed by atoms with Gasteiger partial charge in [0.1, 0.15) is 0 Å². The van der Waals surface area contributed by atoms with Gasteiger partial charge in [0.15, 0.2) is 4.47 Å². The van der Waals surface area contributed by atoms with Crippen molar-refractivity contribution in [1.82, 2.24) is 0 Å². The lowest BCUT2D eigenvalue weighted by molar-refractivity contribution is -0.411. The fourth-order valence-corrected chi connectivity index (χ4v) is 1.74. The number of nitrogens with zero attached hydrogens (tertiary/aromatic N) is 3. The minimum Gasteiger partial charge on any atom is -0.258 e. The summed E-state index contributed by atoms with van der Waals surface area (Å²) in [5.41, 5.74) is -5.10. The third-order valence-electron chi connectivity index (χ3n) is 1.80. The third-order valence-corrected chi connectivity index (χ3v) is 2.55. The molecule has 0 fully saturated rings. The van der Waals surface area contributed by atoms with Crippen LogP contribution < -0.4 is 0 Å². The highest BCUT2D eigenvalue weighted by atomic mass is 79.9. The summed E-state index contributed by atoms with van der Waals surface area (Å²) in [5.74, 6) is -4.19. The first-order valence-corrected chi connectivity index (χ1v) is 4.63. The smallest absolute Gasteiger partial charge is 0.258 e. The zero-order valence-corrected chi connectivity index (χ0v) is 9.51. The molecule has 1 aromatic carbocycles. The fourth-order valence-electron chi connectivity index (χ4n) is 1.11. The summed E-state index contributed by atoms with van der Waals surface area (Å²) in [6, 6.07) is 0. The first kappa shape index (κ1) is 13.8. The molecule has 0 aliphatic heterocycles. The first-order chi connectivity index (χ1) is 8.20. The van der Waals surface area contributed by atoms with Crippen LogP contribution in [-0.4, -0.2) is 14.8 Å². The van der Waals surface area contributed by atoms with Gasteiger partial charge in [-0.3, -0.25) is 30.3 Å². The summed E-state index contributed by atoms with van der Waals surface area (Å²) >= 11 is 2.28. The minimum absolute atomic E-state index is 1.11. The number of hydrogen-bond acceptors (Lipinski definition) is 6. The summed E-state index contributed by atoms with van der Waals surface area (Å²) < 4.78 is 25.6. The molecule has 0 saturated carbocycles. The largest absolute Gasteiger partial charge is 0.354 e. The molecule has 96 valence electrons. The number of rotatable bonds is 3. The Kier molecular flexibility index (Phi) is 3.50. The van der Waals surface area contributed by atoms with Gasteiger partial charge in [0.25, 0.3) is 11.6 Å². The lowest BCUT2D eigenvalue weighted by Crippen LogP contribution is -2.06. The molecule has 0 saturated heterocycles. The van der Waals surface area contributed by atoms with Gasteiger partial charge in [-0.05, 0) is 15.9 Å². The summed E-state index contributed by atoms with van der Waals surface area (Å²) in [6.07, 6.45) is 0. The zero-order chi connectivity index (χ0) is 14.2. The number of hydrogen-bond donors (Lipinski definition) is 0. The third kappa shape index (κ3) is 1.97. The predicted octanol–water partition coefficient (Wildman–Crippen LogP) is 2.45. The summed E-state index contributed by atoms with van der Waals surface area (Å²) in [5, 5.41) is 31.3. The highest BCUT2D eigenvalue weighted by Crippen LogP contribution is 2.43. The second-order valence-corrected chi connectivity index (χ2v) is 3.55. The van der Waals surface area contributed by atoms with Gasteiger partial charge < -0.3 is 0 Å². The molecule has 0 heterocycles. The van der Waals surface area contributed by atoms with Crippen molar-refractivity contribution in [2.45, 2.75) is 0 Å². The molecule has 0 bridgehead atoms. The molecule has 0 radical (unpaired) electrons. The van der Waals surface area contributed by atoms with Crippen LogP contribution in [0.25, 0.3) is 0 Å². The molecule has 0 aliphatic carbocycles. The molecular weight excluding hydrogens is 328 g/mol. The van der Waals surface area contributed by atoms with E-state index < -0.39 is 47.9 Å². The Morgan fingerprint density at radius 2 is 1.06 bits per heavy atom. The van der Waals surface area contributed by atoms with Gasteiger partial charge in [0.05, 0.1) is 14.8 Å². The van der Waals surface area contributed by atoms with E-state index in [4.69, 9.17) is 0 Å². The van der Waals surface area contributed by atoms with Gasteiger partial charge in [0.2, 0.25) is 0 Å². The molecule has 1 aromatic rings. The molecule has 1 rings (SSSR count). The standard InChI is InChI=1S/C6BrF2N3O6/c7-1-4(10(13)14)2(8)6(12(17)18)3(9)5(1)11(15)16. The van der Waals surface area contributed by atoms with Crippen LogP contribution in [-0.2, 0) is 0 Å². The molecule has 0 spiro atoms. The van der Waals surface area contributed by atoms with Gasteiger partial charge in [0, 0.05) is 0 Å². The van der Waals surface area contributed by atoms with E-state index >= 15 is 0 Å². The highest BCUT2D eigenvalue weighted by molar-refractivity contribution is 9.10. The van der Waals surface area contributed by atoms with Crippen molar-refractivity contribution in [3.8, 4) is 0 Å². The highest BCUT2D eigenvalue weighted by Gasteiger charge is 2.42. The molecule has 9 nitrogen and oxygen atoms in total. The Hall–Kier alpha value is -2.24. The molecule has 18 heavy (non-hydrogen) atoms. The van der Waals surface area contributed by atoms with E-state index in [1.807, 2.05) is 0 Å². The zero-order valence-electron chi connectivity index (χ0n) is 7.93. The van der Waals surface area contributed by atoms with Gasteiger partial charge in [-0.2, -0.15) is 8.78 Å². The topological polar surface area (TPSA) is 129 Å². The van der Waals surface area contributed by atoms with Crippen molar-refractivity contribution in [2.75, 3.05) is 0 Å². The van der Waals surface area contributed by atoms with Crippen molar-refractivity contribution in [3.05, 3.63) is 46.5 Å². The first-order valence-electron chi connectivity index (χ1n) is 3.83. The quantitative estimate of drug-likeness (QED) is 0.619. The predicted molar refractivity (Wildman–Crippen MR) is 54.0 cm³/mol. The number of nitro benzene ring substituents is 3. The molecule has 0 N–H and O–H groups in total. The summed E-state index contributed by atoms with van der Waals surface area (Å²) in [4.78, 5) is 26.8. The van der Waals surface area contributed by atoms with Gasteiger partial charge >= 0.3 is 17.1 Å². The van der Waals surface area contributed by atoms with E-state index in [1.165, 1.54) is 0 Å². The van der Waals surface area contributed by atoms with E-state index in [9.17, 15) is 39.1 Å². The maximum absolute atomic E-state index is 13.4. The van der Waals surface area contributed by atoms with Crippen LogP contribution in [0.3, 0.4) is 0 Å². The molecule has 0 unspecified atom stereocenters. The molecule has 0 aromatic heterocycles. The Bertz CT molecular complexity index is 489. The van der Waals surface area contributed by atoms with Crippen molar-refractivity contribution in [3.63, 3.8) is 0 Å². The van der Waals surface area contributed by atoms with Crippen LogP contribution >= 0.6 is 15.9 Å². The number of halogens is 3. The van der Waals surface area contributed by atoms with Crippen LogP contribution in [0.4, 0.5) is 25.8 Å². The van der Waals surface area contributed by atoms with Crippen LogP contribution in [0.5, 0.6) is 0 Å². The average Bonchev–Trinajstić information content (AvgIpc) is 2.14. The van der Waals surface area contributed by atoms with Crippen LogP contribution in [0.1, 0.15) is 0 Å². The van der Waals surface area contributed by atoms with E-state index in [2.05, 4.69) is 15.9 Å². The Balaban J connectivity index is 3.94. The molecule has 0 atom stereocenters. The van der Waals surface area contributed by atoms with Crippen molar-refractivity contribution < 1.29 is 23.6 Å². The van der Waals surface area contributed by atoms with Crippen molar-refractivity contribution >= 4 is 33.0 Å². The van der Waals surface area contributed by atoms with Gasteiger partial charge in [-0.25, -0.2) is 0 Å². The maximum Gasteiger partial charge on any atom is 0.354 e. The number of nitro groups is 3. The van der Waals surface area contributed by atoms with Crippen LogP contribution in [0, 0.1) is 42.0 Å². The lowest BCUT2D eigenvalue weighted by Gasteiger charge is -2.01. The van der Waals surface area contributed by atoms with Crippen LogP contribution in [0.2, 0.25) is 0 Å². The molecule has 0 aliphatic rings. The maximum atomic E-state index is 13.4.